The van der Waals surface area contributed by atoms with Crippen molar-refractivity contribution >= 4 is 11.8 Å². The Balaban J connectivity index is 2.09. The lowest BCUT2D eigenvalue weighted by atomic mass is 9.89. The van der Waals surface area contributed by atoms with Gasteiger partial charge in [0.15, 0.2) is 0 Å². The lowest BCUT2D eigenvalue weighted by Gasteiger charge is -2.23. The Hall–Kier alpha value is -1.88. The lowest BCUT2D eigenvalue weighted by molar-refractivity contribution is -0.133. The van der Waals surface area contributed by atoms with Crippen LogP contribution >= 0.6 is 0 Å². The number of hydrogen-bond acceptors (Lipinski definition) is 3. The van der Waals surface area contributed by atoms with Crippen LogP contribution in [0.1, 0.15) is 30.5 Å². The van der Waals surface area contributed by atoms with Crippen LogP contribution in [0.5, 0.6) is 0 Å². The highest BCUT2D eigenvalue weighted by molar-refractivity contribution is 5.86. The van der Waals surface area contributed by atoms with E-state index in [1.807, 2.05) is 31.2 Å². The van der Waals surface area contributed by atoms with E-state index in [9.17, 15) is 9.59 Å². The number of likely N-dealkylation sites (tertiary alicyclic amines) is 1. The molecule has 20 heavy (non-hydrogen) atoms. The molecule has 5 heteroatoms. The summed E-state index contributed by atoms with van der Waals surface area (Å²) >= 11 is 0. The van der Waals surface area contributed by atoms with Crippen LogP contribution in [0.3, 0.4) is 0 Å². The monoisotopic (exact) mass is 275 g/mol. The smallest absolute Gasteiger partial charge is 0.244 e. The van der Waals surface area contributed by atoms with Gasteiger partial charge in [0.25, 0.3) is 0 Å². The van der Waals surface area contributed by atoms with Gasteiger partial charge in [0.2, 0.25) is 11.8 Å². The number of nitrogens with two attached hydrogens (primary N) is 2. The molecule has 0 spiro atoms. The SMILES string of the molecule is Cc1ccc(C(N)C(=O)N2CCC(C)(C(N)=O)C2)cc1. The van der Waals surface area contributed by atoms with E-state index >= 15 is 0 Å². The molecule has 1 aromatic rings. The average Bonchev–Trinajstić information content (AvgIpc) is 2.82. The first-order valence-corrected chi connectivity index (χ1v) is 6.74. The van der Waals surface area contributed by atoms with Gasteiger partial charge < -0.3 is 16.4 Å². The van der Waals surface area contributed by atoms with Gasteiger partial charge in [-0.05, 0) is 25.8 Å². The van der Waals surface area contributed by atoms with E-state index in [0.29, 0.717) is 19.5 Å². The lowest BCUT2D eigenvalue weighted by Crippen LogP contribution is -2.41. The minimum Gasteiger partial charge on any atom is -0.369 e. The molecule has 1 heterocycles. The number of hydrogen-bond donors (Lipinski definition) is 2. The number of primary amides is 1. The van der Waals surface area contributed by atoms with Crippen LogP contribution in [0.4, 0.5) is 0 Å². The van der Waals surface area contributed by atoms with Gasteiger partial charge in [-0.25, -0.2) is 0 Å². The van der Waals surface area contributed by atoms with Crippen LogP contribution < -0.4 is 11.5 Å². The summed E-state index contributed by atoms with van der Waals surface area (Å²) in [6.07, 6.45) is 0.592. The van der Waals surface area contributed by atoms with Crippen LogP contribution in [0.25, 0.3) is 0 Å². The van der Waals surface area contributed by atoms with Gasteiger partial charge in [0.1, 0.15) is 6.04 Å². The molecule has 1 aromatic carbocycles. The Labute approximate surface area is 118 Å². The zero-order valence-electron chi connectivity index (χ0n) is 11.9. The van der Waals surface area contributed by atoms with Gasteiger partial charge in [-0.1, -0.05) is 29.8 Å². The quantitative estimate of drug-likeness (QED) is 0.851. The molecule has 1 aliphatic heterocycles. The van der Waals surface area contributed by atoms with Crippen LogP contribution in [-0.4, -0.2) is 29.8 Å². The molecule has 1 saturated heterocycles. The number of carbonyl (C=O) groups excluding carboxylic acids is 2. The van der Waals surface area contributed by atoms with Crippen molar-refractivity contribution < 1.29 is 9.59 Å². The number of carbonyl (C=O) groups is 2. The van der Waals surface area contributed by atoms with Crippen molar-refractivity contribution in [2.24, 2.45) is 16.9 Å². The van der Waals surface area contributed by atoms with E-state index < -0.39 is 11.5 Å². The summed E-state index contributed by atoms with van der Waals surface area (Å²) in [7, 11) is 0. The molecule has 0 aliphatic carbocycles. The number of rotatable bonds is 3. The van der Waals surface area contributed by atoms with Crippen LogP contribution in [0, 0.1) is 12.3 Å². The summed E-state index contributed by atoms with van der Waals surface area (Å²) in [4.78, 5) is 25.4. The fourth-order valence-electron chi connectivity index (χ4n) is 2.46. The Morgan fingerprint density at radius 1 is 1.30 bits per heavy atom. The van der Waals surface area contributed by atoms with E-state index in [-0.39, 0.29) is 11.8 Å². The van der Waals surface area contributed by atoms with E-state index in [4.69, 9.17) is 11.5 Å². The maximum atomic E-state index is 12.4. The molecule has 0 bridgehead atoms. The summed E-state index contributed by atoms with van der Waals surface area (Å²) in [5.74, 6) is -0.518. The largest absolute Gasteiger partial charge is 0.369 e. The first-order chi connectivity index (χ1) is 9.33. The van der Waals surface area contributed by atoms with E-state index in [1.54, 1.807) is 11.8 Å². The summed E-state index contributed by atoms with van der Waals surface area (Å²) in [5.41, 5.74) is 12.7. The molecule has 1 fully saturated rings. The van der Waals surface area contributed by atoms with Gasteiger partial charge >= 0.3 is 0 Å². The summed E-state index contributed by atoms with van der Waals surface area (Å²) in [6, 6.07) is 6.90. The number of amides is 2. The Kier molecular flexibility index (Phi) is 3.81. The average molecular weight is 275 g/mol. The van der Waals surface area contributed by atoms with Crippen LogP contribution in [-0.2, 0) is 9.59 Å². The first kappa shape index (κ1) is 14.5. The number of aryl methyl sites for hydroxylation is 1. The third kappa shape index (κ3) is 2.67. The van der Waals surface area contributed by atoms with E-state index in [2.05, 4.69) is 0 Å². The van der Waals surface area contributed by atoms with Gasteiger partial charge in [-0.15, -0.1) is 0 Å². The highest BCUT2D eigenvalue weighted by atomic mass is 16.2. The predicted octanol–water partition coefficient (Wildman–Crippen LogP) is 0.719. The van der Waals surface area contributed by atoms with Gasteiger partial charge in [0.05, 0.1) is 5.41 Å². The minimum absolute atomic E-state index is 0.154. The van der Waals surface area contributed by atoms with Crippen molar-refractivity contribution in [3.63, 3.8) is 0 Å². The minimum atomic E-state index is -0.689. The second-order valence-electron chi connectivity index (χ2n) is 5.82. The Morgan fingerprint density at radius 2 is 1.90 bits per heavy atom. The van der Waals surface area contributed by atoms with E-state index in [1.165, 1.54) is 0 Å². The first-order valence-electron chi connectivity index (χ1n) is 6.74. The zero-order chi connectivity index (χ0) is 14.9. The normalized spacial score (nSPS) is 23.6. The molecular weight excluding hydrogens is 254 g/mol. The molecule has 108 valence electrons. The topological polar surface area (TPSA) is 89.4 Å². The molecule has 0 saturated carbocycles. The van der Waals surface area contributed by atoms with Crippen molar-refractivity contribution in [3.05, 3.63) is 35.4 Å². The van der Waals surface area contributed by atoms with Crippen LogP contribution in [0.15, 0.2) is 24.3 Å². The molecule has 2 unspecified atom stereocenters. The standard InChI is InChI=1S/C15H21N3O2/c1-10-3-5-11(6-4-10)12(16)13(19)18-8-7-15(2,9-18)14(17)20/h3-6,12H,7-9,16H2,1-2H3,(H2,17,20). The molecule has 0 aromatic heterocycles. The third-order valence-corrected chi connectivity index (χ3v) is 4.08. The highest BCUT2D eigenvalue weighted by Crippen LogP contribution is 2.30. The summed E-state index contributed by atoms with van der Waals surface area (Å²) < 4.78 is 0. The Bertz CT molecular complexity index is 526. The van der Waals surface area contributed by atoms with Crippen LogP contribution in [0.2, 0.25) is 0 Å². The molecular formula is C15H21N3O2. The summed E-state index contributed by atoms with van der Waals surface area (Å²) in [5, 5.41) is 0. The highest BCUT2D eigenvalue weighted by Gasteiger charge is 2.41. The molecule has 5 nitrogen and oxygen atoms in total. The molecule has 2 rings (SSSR count). The maximum Gasteiger partial charge on any atom is 0.244 e. The summed E-state index contributed by atoms with van der Waals surface area (Å²) in [6.45, 7) is 4.65. The predicted molar refractivity (Wildman–Crippen MR) is 76.6 cm³/mol. The zero-order valence-corrected chi connectivity index (χ0v) is 11.9. The van der Waals surface area contributed by atoms with Gasteiger partial charge in [-0.2, -0.15) is 0 Å². The molecule has 1 aliphatic rings. The molecule has 4 N–H and O–H groups in total. The van der Waals surface area contributed by atoms with Crippen molar-refractivity contribution in [1.29, 1.82) is 0 Å². The maximum absolute atomic E-state index is 12.4. The molecule has 2 atom stereocenters. The van der Waals surface area contributed by atoms with Crippen molar-refractivity contribution in [2.45, 2.75) is 26.3 Å². The molecule has 2 amide bonds. The fraction of sp³-hybridized carbons (Fsp3) is 0.467. The Morgan fingerprint density at radius 3 is 2.40 bits per heavy atom. The number of benzene rings is 1. The van der Waals surface area contributed by atoms with Crippen molar-refractivity contribution in [1.82, 2.24) is 4.90 Å². The third-order valence-electron chi connectivity index (χ3n) is 4.08. The number of nitrogens with zero attached hydrogens (tertiary/aromatic N) is 1. The fourth-order valence-corrected chi connectivity index (χ4v) is 2.46. The second kappa shape index (κ2) is 5.25. The second-order valence-corrected chi connectivity index (χ2v) is 5.82. The molecule has 0 radical (unpaired) electrons. The van der Waals surface area contributed by atoms with Gasteiger partial charge in [0, 0.05) is 13.1 Å². The van der Waals surface area contributed by atoms with E-state index in [0.717, 1.165) is 11.1 Å². The van der Waals surface area contributed by atoms with Crippen molar-refractivity contribution in [3.8, 4) is 0 Å². The van der Waals surface area contributed by atoms with Crippen molar-refractivity contribution in [2.75, 3.05) is 13.1 Å². The van der Waals surface area contributed by atoms with Gasteiger partial charge in [-0.3, -0.25) is 9.59 Å².